The topological polar surface area (TPSA) is 66.8 Å². The van der Waals surface area contributed by atoms with E-state index in [1.807, 2.05) is 0 Å². The zero-order valence-corrected chi connectivity index (χ0v) is 5.55. The molecular weight excluding hydrogens is 131 g/mol. The maximum atomic E-state index is 9.89. The average Bonchev–Trinajstić information content (AvgIpc) is 1.21. The molecule has 0 saturated heterocycles. The van der Waals surface area contributed by atoms with Crippen molar-refractivity contribution in [3.8, 4) is 0 Å². The molecule has 5 heteroatoms. The summed E-state index contributed by atoms with van der Waals surface area (Å²) in [5, 5.41) is 0. The van der Waals surface area contributed by atoms with Gasteiger partial charge in [-0.3, -0.25) is 4.52 Å². The van der Waals surface area contributed by atoms with Gasteiger partial charge in [-0.25, -0.2) is 4.57 Å². The summed E-state index contributed by atoms with van der Waals surface area (Å²) in [6, 6.07) is 0. The lowest BCUT2D eigenvalue weighted by Gasteiger charge is -2.05. The number of phosphoric ester groups is 1. The Balaban J connectivity index is 3.56. The van der Waals surface area contributed by atoms with Gasteiger partial charge in [-0.15, -0.1) is 0 Å². The van der Waals surface area contributed by atoms with Crippen molar-refractivity contribution in [2.24, 2.45) is 0 Å². The zero-order chi connectivity index (χ0) is 6.78. The van der Waals surface area contributed by atoms with Crippen molar-refractivity contribution in [3.63, 3.8) is 0 Å². The van der Waals surface area contributed by atoms with E-state index in [1.54, 1.807) is 0 Å². The van der Waals surface area contributed by atoms with Crippen molar-refractivity contribution in [2.45, 2.75) is 13.8 Å². The molecule has 2 N–H and O–H groups in total. The SMILES string of the molecule is C[C](C)OP(=O)(O)O. The molecule has 0 atom stereocenters. The summed E-state index contributed by atoms with van der Waals surface area (Å²) in [7, 11) is -4.26. The number of hydrogen-bond acceptors (Lipinski definition) is 2. The largest absolute Gasteiger partial charge is 0.470 e. The van der Waals surface area contributed by atoms with E-state index < -0.39 is 7.82 Å². The molecule has 0 heterocycles. The Morgan fingerprint density at radius 2 is 1.88 bits per heavy atom. The van der Waals surface area contributed by atoms with Gasteiger partial charge in [-0.1, -0.05) is 0 Å². The van der Waals surface area contributed by atoms with Crippen molar-refractivity contribution >= 4 is 7.82 Å². The third-order valence-corrected chi connectivity index (χ3v) is 0.904. The molecule has 0 spiro atoms. The lowest BCUT2D eigenvalue weighted by Crippen LogP contribution is -1.89. The van der Waals surface area contributed by atoms with Crippen LogP contribution in [0.2, 0.25) is 0 Å². The molecule has 0 aromatic carbocycles. The third-order valence-electron chi connectivity index (χ3n) is 0.301. The predicted octanol–water partition coefficient (Wildman–Crippen LogP) is 0.667. The van der Waals surface area contributed by atoms with Crippen LogP contribution in [0.15, 0.2) is 0 Å². The van der Waals surface area contributed by atoms with Gasteiger partial charge in [-0.2, -0.15) is 0 Å². The summed E-state index contributed by atoms with van der Waals surface area (Å²) in [5.41, 5.74) is 0. The molecule has 49 valence electrons. The molecule has 1 radical (unpaired) electrons. The van der Waals surface area contributed by atoms with Crippen molar-refractivity contribution in [3.05, 3.63) is 6.10 Å². The standard InChI is InChI=1S/C3H8O4P/c1-3(2)7-8(4,5)6/h1-2H3,(H2,4,5,6). The van der Waals surface area contributed by atoms with Crippen molar-refractivity contribution in [2.75, 3.05) is 0 Å². The summed E-state index contributed by atoms with van der Waals surface area (Å²) in [4.78, 5) is 16.1. The maximum Gasteiger partial charge on any atom is 0.470 e. The lowest BCUT2D eigenvalue weighted by molar-refractivity contribution is 0.211. The van der Waals surface area contributed by atoms with Gasteiger partial charge in [0, 0.05) is 0 Å². The fourth-order valence-electron chi connectivity index (χ4n) is 0.238. The van der Waals surface area contributed by atoms with Crippen LogP contribution in [0, 0.1) is 6.10 Å². The van der Waals surface area contributed by atoms with Crippen molar-refractivity contribution in [1.82, 2.24) is 0 Å². The van der Waals surface area contributed by atoms with Crippen LogP contribution in [0.3, 0.4) is 0 Å². The number of hydrogen-bond donors (Lipinski definition) is 2. The fourth-order valence-corrected chi connectivity index (χ4v) is 0.714. The Labute approximate surface area is 47.7 Å². The van der Waals surface area contributed by atoms with Crippen LogP contribution in [-0.4, -0.2) is 9.79 Å². The van der Waals surface area contributed by atoms with Gasteiger partial charge in [-0.05, 0) is 13.8 Å². The Morgan fingerprint density at radius 1 is 1.50 bits per heavy atom. The predicted molar refractivity (Wildman–Crippen MR) is 27.7 cm³/mol. The van der Waals surface area contributed by atoms with E-state index in [-0.39, 0.29) is 6.10 Å². The quantitative estimate of drug-likeness (QED) is 0.551. The highest BCUT2D eigenvalue weighted by Crippen LogP contribution is 2.39. The molecule has 0 saturated carbocycles. The van der Waals surface area contributed by atoms with Gasteiger partial charge in [0.2, 0.25) is 0 Å². The summed E-state index contributed by atoms with van der Waals surface area (Å²) < 4.78 is 13.9. The van der Waals surface area contributed by atoms with Gasteiger partial charge in [0.1, 0.15) is 6.10 Å². The highest BCUT2D eigenvalue weighted by atomic mass is 31.2. The Hall–Kier alpha value is 0.110. The molecule has 0 aliphatic rings. The molecule has 8 heavy (non-hydrogen) atoms. The summed E-state index contributed by atoms with van der Waals surface area (Å²) in [6.07, 6.45) is 0.262. The molecule has 0 aliphatic carbocycles. The van der Waals surface area contributed by atoms with Gasteiger partial charge >= 0.3 is 7.82 Å². The van der Waals surface area contributed by atoms with E-state index in [0.717, 1.165) is 0 Å². The first-order chi connectivity index (χ1) is 3.42. The highest BCUT2D eigenvalue weighted by Gasteiger charge is 2.15. The van der Waals surface area contributed by atoms with Crippen LogP contribution in [0.4, 0.5) is 0 Å². The van der Waals surface area contributed by atoms with Crippen LogP contribution in [0.5, 0.6) is 0 Å². The minimum absolute atomic E-state index is 0.262. The smallest absolute Gasteiger partial charge is 0.303 e. The van der Waals surface area contributed by atoms with Crippen LogP contribution >= 0.6 is 7.82 Å². The summed E-state index contributed by atoms with van der Waals surface area (Å²) in [5.74, 6) is 0. The average molecular weight is 139 g/mol. The van der Waals surface area contributed by atoms with Crippen molar-refractivity contribution in [1.29, 1.82) is 0 Å². The first-order valence-corrected chi connectivity index (χ1v) is 3.50. The van der Waals surface area contributed by atoms with Gasteiger partial charge in [0.25, 0.3) is 0 Å². The fraction of sp³-hybridized carbons (Fsp3) is 0.667. The minimum atomic E-state index is -4.26. The maximum absolute atomic E-state index is 9.89. The molecule has 0 rings (SSSR count). The molecule has 0 fully saturated rings. The van der Waals surface area contributed by atoms with E-state index >= 15 is 0 Å². The van der Waals surface area contributed by atoms with Gasteiger partial charge < -0.3 is 9.79 Å². The second-order valence-electron chi connectivity index (χ2n) is 1.49. The molecule has 0 aliphatic heterocycles. The van der Waals surface area contributed by atoms with Gasteiger partial charge in [0.05, 0.1) is 0 Å². The lowest BCUT2D eigenvalue weighted by atomic mass is 10.5. The van der Waals surface area contributed by atoms with E-state index in [9.17, 15) is 4.57 Å². The summed E-state index contributed by atoms with van der Waals surface area (Å²) in [6.45, 7) is 2.94. The highest BCUT2D eigenvalue weighted by molar-refractivity contribution is 7.46. The third kappa shape index (κ3) is 6.11. The molecular formula is C3H8O4P. The Morgan fingerprint density at radius 3 is 1.88 bits per heavy atom. The first kappa shape index (κ1) is 8.11. The van der Waals surface area contributed by atoms with E-state index in [1.165, 1.54) is 13.8 Å². The number of phosphoric acid groups is 1. The zero-order valence-electron chi connectivity index (χ0n) is 4.66. The molecule has 0 amide bonds. The van der Waals surface area contributed by atoms with E-state index in [2.05, 4.69) is 4.52 Å². The minimum Gasteiger partial charge on any atom is -0.303 e. The second kappa shape index (κ2) is 2.60. The first-order valence-electron chi connectivity index (χ1n) is 1.97. The molecule has 0 aromatic heterocycles. The van der Waals surface area contributed by atoms with Crippen LogP contribution in [0.1, 0.15) is 13.8 Å². The number of rotatable bonds is 2. The Kier molecular flexibility index (Phi) is 2.63. The van der Waals surface area contributed by atoms with Crippen LogP contribution < -0.4 is 0 Å². The molecule has 0 bridgehead atoms. The molecule has 0 unspecified atom stereocenters. The van der Waals surface area contributed by atoms with Gasteiger partial charge in [0.15, 0.2) is 0 Å². The normalized spacial score (nSPS) is 12.6. The van der Waals surface area contributed by atoms with E-state index in [0.29, 0.717) is 0 Å². The molecule has 4 nitrogen and oxygen atoms in total. The van der Waals surface area contributed by atoms with Crippen molar-refractivity contribution < 1.29 is 18.9 Å². The Bertz CT molecular complexity index is 104. The van der Waals surface area contributed by atoms with E-state index in [4.69, 9.17) is 9.79 Å². The summed E-state index contributed by atoms with van der Waals surface area (Å²) >= 11 is 0. The second-order valence-corrected chi connectivity index (χ2v) is 2.65. The molecule has 0 aromatic rings. The van der Waals surface area contributed by atoms with Crippen LogP contribution in [0.25, 0.3) is 0 Å². The van der Waals surface area contributed by atoms with Crippen LogP contribution in [-0.2, 0) is 9.09 Å². The monoisotopic (exact) mass is 139 g/mol.